The molecule has 0 saturated carbocycles. The van der Waals surface area contributed by atoms with Gasteiger partial charge in [0, 0.05) is 5.56 Å². The molecule has 78 valence electrons. The molecule has 15 heavy (non-hydrogen) atoms. The molecule has 0 unspecified atom stereocenters. The normalized spacial score (nSPS) is 9.40. The number of nitrogens with zero attached hydrogens (tertiary/aromatic N) is 1. The van der Waals surface area contributed by atoms with E-state index >= 15 is 0 Å². The van der Waals surface area contributed by atoms with Crippen LogP contribution in [0.5, 0.6) is 5.75 Å². The van der Waals surface area contributed by atoms with Crippen LogP contribution in [0.2, 0.25) is 0 Å². The lowest BCUT2D eigenvalue weighted by Gasteiger charge is -2.06. The number of ketones is 1. The van der Waals surface area contributed by atoms with Crippen LogP contribution in [0.3, 0.4) is 0 Å². The monoisotopic (exact) mass is 204 g/mol. The Morgan fingerprint density at radius 2 is 2.33 bits per heavy atom. The van der Waals surface area contributed by atoms with Gasteiger partial charge >= 0.3 is 0 Å². The summed E-state index contributed by atoms with van der Waals surface area (Å²) in [5.74, 6) is 0.308. The number of benzene rings is 1. The first-order valence-electron chi connectivity index (χ1n) is 4.63. The molecular formula is C11H12N2O2. The molecule has 0 radical (unpaired) electrons. The van der Waals surface area contributed by atoms with Crippen LogP contribution in [0, 0.1) is 11.3 Å². The first-order chi connectivity index (χ1) is 7.22. The van der Waals surface area contributed by atoms with Gasteiger partial charge in [-0.1, -0.05) is 0 Å². The third kappa shape index (κ3) is 2.55. The van der Waals surface area contributed by atoms with Crippen molar-refractivity contribution in [3.63, 3.8) is 0 Å². The zero-order valence-electron chi connectivity index (χ0n) is 8.49. The molecule has 4 nitrogen and oxygen atoms in total. The van der Waals surface area contributed by atoms with Crippen molar-refractivity contribution < 1.29 is 9.53 Å². The number of carbonyl (C=O) groups excluding carboxylic acids is 1. The molecule has 0 bridgehead atoms. The van der Waals surface area contributed by atoms with E-state index in [0.717, 1.165) is 0 Å². The molecule has 4 heteroatoms. The van der Waals surface area contributed by atoms with Gasteiger partial charge in [0.1, 0.15) is 11.8 Å². The van der Waals surface area contributed by atoms with Crippen LogP contribution in [0.4, 0.5) is 0 Å². The predicted molar refractivity (Wildman–Crippen MR) is 55.7 cm³/mol. The molecule has 0 saturated heterocycles. The Hall–Kier alpha value is -1.86. The van der Waals surface area contributed by atoms with E-state index in [4.69, 9.17) is 15.7 Å². The summed E-state index contributed by atoms with van der Waals surface area (Å²) in [6.07, 6.45) is 0. The molecule has 0 fully saturated rings. The van der Waals surface area contributed by atoms with E-state index < -0.39 is 0 Å². The van der Waals surface area contributed by atoms with E-state index in [-0.39, 0.29) is 12.3 Å². The molecule has 0 spiro atoms. The van der Waals surface area contributed by atoms with Crippen molar-refractivity contribution in [2.45, 2.75) is 6.92 Å². The Morgan fingerprint density at radius 3 is 2.87 bits per heavy atom. The lowest BCUT2D eigenvalue weighted by atomic mass is 10.1. The van der Waals surface area contributed by atoms with Gasteiger partial charge in [-0.25, -0.2) is 0 Å². The Labute approximate surface area is 88.3 Å². The molecule has 0 aliphatic heterocycles. The smallest absolute Gasteiger partial charge is 0.176 e. The molecule has 1 aromatic rings. The van der Waals surface area contributed by atoms with E-state index in [9.17, 15) is 4.79 Å². The molecule has 0 aromatic heterocycles. The van der Waals surface area contributed by atoms with Gasteiger partial charge in [0.2, 0.25) is 0 Å². The summed E-state index contributed by atoms with van der Waals surface area (Å²) >= 11 is 0. The average molecular weight is 204 g/mol. The van der Waals surface area contributed by atoms with Crippen LogP contribution in [-0.4, -0.2) is 18.9 Å². The average Bonchev–Trinajstić information content (AvgIpc) is 2.29. The molecule has 1 aromatic carbocycles. The fraction of sp³-hybridized carbons (Fsp3) is 0.273. The summed E-state index contributed by atoms with van der Waals surface area (Å²) in [6.45, 7) is 2.26. The summed E-state index contributed by atoms with van der Waals surface area (Å²) in [7, 11) is 0. The number of rotatable bonds is 4. The van der Waals surface area contributed by atoms with Crippen LogP contribution in [0.1, 0.15) is 22.8 Å². The maximum absolute atomic E-state index is 11.3. The molecule has 2 N–H and O–H groups in total. The highest BCUT2D eigenvalue weighted by atomic mass is 16.5. The first kappa shape index (κ1) is 11.2. The first-order valence-corrected chi connectivity index (χ1v) is 4.63. The molecule has 0 aliphatic rings. The van der Waals surface area contributed by atoms with Gasteiger partial charge < -0.3 is 10.5 Å². The van der Waals surface area contributed by atoms with Gasteiger partial charge in [0.25, 0.3) is 0 Å². The van der Waals surface area contributed by atoms with Crippen molar-refractivity contribution in [1.82, 2.24) is 0 Å². The molecule has 1 rings (SSSR count). The van der Waals surface area contributed by atoms with Crippen molar-refractivity contribution in [2.75, 3.05) is 13.2 Å². The molecule has 0 aliphatic carbocycles. The third-order valence-electron chi connectivity index (χ3n) is 1.91. The standard InChI is InChI=1S/C11H12N2O2/c1-2-15-11-4-3-8(10(14)7-13)5-9(11)6-12/h3-5H,2,7,13H2,1H3. The Kier molecular flexibility index (Phi) is 3.83. The summed E-state index contributed by atoms with van der Waals surface area (Å²) in [4.78, 5) is 11.3. The second-order valence-electron chi connectivity index (χ2n) is 2.88. The largest absolute Gasteiger partial charge is 0.492 e. The lowest BCUT2D eigenvalue weighted by Crippen LogP contribution is -2.13. The number of nitrogens with two attached hydrogens (primary N) is 1. The SMILES string of the molecule is CCOc1ccc(C(=O)CN)cc1C#N. The summed E-state index contributed by atoms with van der Waals surface area (Å²) in [5, 5.41) is 8.85. The lowest BCUT2D eigenvalue weighted by molar-refractivity contribution is 0.100. The zero-order chi connectivity index (χ0) is 11.3. The highest BCUT2D eigenvalue weighted by Gasteiger charge is 2.08. The minimum atomic E-state index is -0.186. The van der Waals surface area contributed by atoms with E-state index in [1.807, 2.05) is 13.0 Å². The van der Waals surface area contributed by atoms with E-state index in [1.54, 1.807) is 12.1 Å². The minimum Gasteiger partial charge on any atom is -0.492 e. The fourth-order valence-corrected chi connectivity index (χ4v) is 1.19. The minimum absolute atomic E-state index is 0.0567. The molecule has 0 heterocycles. The van der Waals surface area contributed by atoms with Crippen molar-refractivity contribution in [3.05, 3.63) is 29.3 Å². The maximum Gasteiger partial charge on any atom is 0.176 e. The molecular weight excluding hydrogens is 192 g/mol. The Morgan fingerprint density at radius 1 is 1.60 bits per heavy atom. The highest BCUT2D eigenvalue weighted by molar-refractivity contribution is 5.98. The third-order valence-corrected chi connectivity index (χ3v) is 1.91. The Balaban J connectivity index is 3.09. The number of ether oxygens (including phenoxy) is 1. The molecule has 0 atom stereocenters. The second kappa shape index (κ2) is 5.13. The molecule has 0 amide bonds. The maximum atomic E-state index is 11.3. The van der Waals surface area contributed by atoms with Gasteiger partial charge in [0.15, 0.2) is 5.78 Å². The van der Waals surface area contributed by atoms with Crippen molar-refractivity contribution >= 4 is 5.78 Å². The van der Waals surface area contributed by atoms with Crippen molar-refractivity contribution in [2.24, 2.45) is 5.73 Å². The van der Waals surface area contributed by atoms with Crippen LogP contribution in [-0.2, 0) is 0 Å². The van der Waals surface area contributed by atoms with Crippen molar-refractivity contribution in [3.8, 4) is 11.8 Å². The number of carbonyl (C=O) groups is 1. The summed E-state index contributed by atoms with van der Waals surface area (Å²) < 4.78 is 5.23. The van der Waals surface area contributed by atoms with Gasteiger partial charge in [-0.05, 0) is 25.1 Å². The topological polar surface area (TPSA) is 76.1 Å². The van der Waals surface area contributed by atoms with Gasteiger partial charge in [-0.3, -0.25) is 4.79 Å². The van der Waals surface area contributed by atoms with E-state index in [1.165, 1.54) is 6.07 Å². The second-order valence-corrected chi connectivity index (χ2v) is 2.88. The van der Waals surface area contributed by atoms with E-state index in [2.05, 4.69) is 0 Å². The van der Waals surface area contributed by atoms with Crippen LogP contribution < -0.4 is 10.5 Å². The van der Waals surface area contributed by atoms with Crippen LogP contribution in [0.15, 0.2) is 18.2 Å². The summed E-state index contributed by atoms with van der Waals surface area (Å²) in [5.41, 5.74) is 6.03. The van der Waals surface area contributed by atoms with Crippen LogP contribution in [0.25, 0.3) is 0 Å². The number of hydrogen-bond donors (Lipinski definition) is 1. The van der Waals surface area contributed by atoms with Gasteiger partial charge in [-0.2, -0.15) is 5.26 Å². The predicted octanol–water partition coefficient (Wildman–Crippen LogP) is 1.10. The quantitative estimate of drug-likeness (QED) is 0.745. The van der Waals surface area contributed by atoms with Crippen molar-refractivity contribution in [1.29, 1.82) is 5.26 Å². The van der Waals surface area contributed by atoms with Gasteiger partial charge in [-0.15, -0.1) is 0 Å². The van der Waals surface area contributed by atoms with Crippen LogP contribution >= 0.6 is 0 Å². The van der Waals surface area contributed by atoms with E-state index in [0.29, 0.717) is 23.5 Å². The number of hydrogen-bond acceptors (Lipinski definition) is 4. The Bertz CT molecular complexity index is 408. The summed E-state index contributed by atoms with van der Waals surface area (Å²) in [6, 6.07) is 6.71. The number of nitriles is 1. The zero-order valence-corrected chi connectivity index (χ0v) is 8.49. The highest BCUT2D eigenvalue weighted by Crippen LogP contribution is 2.19. The van der Waals surface area contributed by atoms with Gasteiger partial charge in [0.05, 0.1) is 18.7 Å². The number of Topliss-reactive ketones (excluding diaryl/α,β-unsaturated/α-hetero) is 1. The fourth-order valence-electron chi connectivity index (χ4n) is 1.19.